The first-order chi connectivity index (χ1) is 16.3. The fourth-order valence-electron chi connectivity index (χ4n) is 5.23. The van der Waals surface area contributed by atoms with Crippen LogP contribution in [0.1, 0.15) is 164 Å². The Balaban J connectivity index is 1.36. The van der Waals surface area contributed by atoms with Crippen LogP contribution in [0.15, 0.2) is 24.3 Å². The Labute approximate surface area is 205 Å². The number of carbonyl (C=O) groups is 1. The maximum absolute atomic E-state index is 12.3. The molecule has 0 aliphatic heterocycles. The summed E-state index contributed by atoms with van der Waals surface area (Å²) in [5.41, 5.74) is 2.09. The molecule has 1 aliphatic rings. The van der Waals surface area contributed by atoms with Crippen molar-refractivity contribution in [2.45, 2.75) is 148 Å². The fraction of sp³-hybridized carbons (Fsp3) is 0.774. The van der Waals surface area contributed by atoms with Gasteiger partial charge in [-0.2, -0.15) is 0 Å². The molecule has 2 rings (SSSR count). The Hall–Kier alpha value is -1.31. The van der Waals surface area contributed by atoms with Crippen molar-refractivity contribution in [1.82, 2.24) is 0 Å². The van der Waals surface area contributed by atoms with Gasteiger partial charge in [0.25, 0.3) is 0 Å². The van der Waals surface area contributed by atoms with E-state index < -0.39 is 0 Å². The molecule has 2 nitrogen and oxygen atoms in total. The lowest BCUT2D eigenvalue weighted by Crippen LogP contribution is -2.08. The second-order valence-electron chi connectivity index (χ2n) is 10.4. The molecule has 188 valence electrons. The zero-order chi connectivity index (χ0) is 23.4. The van der Waals surface area contributed by atoms with Crippen molar-refractivity contribution in [2.75, 3.05) is 6.61 Å². The van der Waals surface area contributed by atoms with Crippen molar-refractivity contribution in [3.05, 3.63) is 35.4 Å². The van der Waals surface area contributed by atoms with Crippen LogP contribution < -0.4 is 0 Å². The molecule has 2 heteroatoms. The van der Waals surface area contributed by atoms with Crippen molar-refractivity contribution in [3.63, 3.8) is 0 Å². The molecule has 1 fully saturated rings. The van der Waals surface area contributed by atoms with Crippen LogP contribution in [0.3, 0.4) is 0 Å². The number of hydrogen-bond acceptors (Lipinski definition) is 2. The number of benzene rings is 1. The van der Waals surface area contributed by atoms with E-state index in [9.17, 15) is 4.79 Å². The topological polar surface area (TPSA) is 26.3 Å². The average Bonchev–Trinajstić information content (AvgIpc) is 2.86. The van der Waals surface area contributed by atoms with Crippen LogP contribution in [-0.2, 0) is 4.74 Å². The van der Waals surface area contributed by atoms with Crippen molar-refractivity contribution in [3.8, 4) is 0 Å². The molecule has 0 spiro atoms. The van der Waals surface area contributed by atoms with Crippen molar-refractivity contribution in [2.24, 2.45) is 0 Å². The minimum atomic E-state index is -0.161. The SMILES string of the molecule is CCCCCCCCCCCCCCCCCCOC(=O)c1ccc(C2CCCCC2)cc1. The molecule has 0 bridgehead atoms. The van der Waals surface area contributed by atoms with E-state index in [4.69, 9.17) is 4.74 Å². The fourth-order valence-corrected chi connectivity index (χ4v) is 5.23. The third-order valence-corrected chi connectivity index (χ3v) is 7.45. The summed E-state index contributed by atoms with van der Waals surface area (Å²) in [4.78, 5) is 12.3. The Bertz CT molecular complexity index is 585. The molecule has 1 aromatic rings. The molecular formula is C31H52O2. The first-order valence-electron chi connectivity index (χ1n) is 14.6. The summed E-state index contributed by atoms with van der Waals surface area (Å²) in [6.07, 6.45) is 28.4. The van der Waals surface area contributed by atoms with E-state index in [0.29, 0.717) is 18.1 Å². The second kappa shape index (κ2) is 19.0. The van der Waals surface area contributed by atoms with E-state index in [1.165, 1.54) is 134 Å². The van der Waals surface area contributed by atoms with Gasteiger partial charge in [0.2, 0.25) is 0 Å². The van der Waals surface area contributed by atoms with Crippen LogP contribution in [-0.4, -0.2) is 12.6 Å². The molecular weight excluding hydrogens is 404 g/mol. The first-order valence-corrected chi connectivity index (χ1v) is 14.6. The average molecular weight is 457 g/mol. The summed E-state index contributed by atoms with van der Waals surface area (Å²) >= 11 is 0. The Kier molecular flexibility index (Phi) is 16.1. The van der Waals surface area contributed by atoms with Crippen LogP contribution in [0.4, 0.5) is 0 Å². The van der Waals surface area contributed by atoms with Gasteiger partial charge in [-0.3, -0.25) is 0 Å². The Morgan fingerprint density at radius 2 is 1.12 bits per heavy atom. The van der Waals surface area contributed by atoms with Crippen LogP contribution in [0.2, 0.25) is 0 Å². The summed E-state index contributed by atoms with van der Waals surface area (Å²) < 4.78 is 5.49. The van der Waals surface area contributed by atoms with E-state index in [2.05, 4.69) is 19.1 Å². The van der Waals surface area contributed by atoms with Crippen LogP contribution in [0.25, 0.3) is 0 Å². The summed E-state index contributed by atoms with van der Waals surface area (Å²) in [5.74, 6) is 0.528. The van der Waals surface area contributed by atoms with E-state index in [-0.39, 0.29) is 5.97 Å². The third kappa shape index (κ3) is 13.2. The number of carbonyl (C=O) groups excluding carboxylic acids is 1. The highest BCUT2D eigenvalue weighted by atomic mass is 16.5. The largest absolute Gasteiger partial charge is 0.462 e. The molecule has 0 aromatic heterocycles. The molecule has 0 N–H and O–H groups in total. The van der Waals surface area contributed by atoms with Crippen molar-refractivity contribution >= 4 is 5.97 Å². The van der Waals surface area contributed by atoms with Gasteiger partial charge in [-0.15, -0.1) is 0 Å². The highest BCUT2D eigenvalue weighted by Gasteiger charge is 2.16. The standard InChI is InChI=1S/C31H52O2/c1-2-3-4-5-6-7-8-9-10-11-12-13-14-15-16-20-27-33-31(32)30-25-23-29(24-26-30)28-21-18-17-19-22-28/h23-26,28H,2-22,27H2,1H3. The second-order valence-corrected chi connectivity index (χ2v) is 10.4. The third-order valence-electron chi connectivity index (χ3n) is 7.45. The van der Waals surface area contributed by atoms with E-state index >= 15 is 0 Å². The van der Waals surface area contributed by atoms with Crippen LogP contribution in [0, 0.1) is 0 Å². The summed E-state index contributed by atoms with van der Waals surface area (Å²) in [5, 5.41) is 0. The molecule has 0 radical (unpaired) electrons. The maximum Gasteiger partial charge on any atom is 0.338 e. The molecule has 0 heterocycles. The number of esters is 1. The summed E-state index contributed by atoms with van der Waals surface area (Å²) in [6, 6.07) is 8.20. The van der Waals surface area contributed by atoms with Gasteiger partial charge in [0.15, 0.2) is 0 Å². The lowest BCUT2D eigenvalue weighted by Gasteiger charge is -2.21. The van der Waals surface area contributed by atoms with Crippen LogP contribution in [0.5, 0.6) is 0 Å². The quantitative estimate of drug-likeness (QED) is 0.153. The Morgan fingerprint density at radius 1 is 0.667 bits per heavy atom. The Morgan fingerprint density at radius 3 is 1.61 bits per heavy atom. The smallest absolute Gasteiger partial charge is 0.338 e. The molecule has 0 saturated heterocycles. The van der Waals surface area contributed by atoms with Crippen molar-refractivity contribution < 1.29 is 9.53 Å². The highest BCUT2D eigenvalue weighted by molar-refractivity contribution is 5.89. The van der Waals surface area contributed by atoms with Gasteiger partial charge >= 0.3 is 5.97 Å². The number of hydrogen-bond donors (Lipinski definition) is 0. The predicted octanol–water partition coefficient (Wildman–Crippen LogP) is 10.2. The van der Waals surface area contributed by atoms with Gasteiger partial charge < -0.3 is 4.74 Å². The number of unbranched alkanes of at least 4 members (excludes halogenated alkanes) is 15. The summed E-state index contributed by atoms with van der Waals surface area (Å²) in [7, 11) is 0. The zero-order valence-electron chi connectivity index (χ0n) is 21.8. The van der Waals surface area contributed by atoms with Gasteiger partial charge in [0, 0.05) is 0 Å². The minimum Gasteiger partial charge on any atom is -0.462 e. The van der Waals surface area contributed by atoms with Gasteiger partial charge in [-0.25, -0.2) is 4.79 Å². The molecule has 1 aliphatic carbocycles. The van der Waals surface area contributed by atoms with E-state index in [1.54, 1.807) is 0 Å². The minimum absolute atomic E-state index is 0.161. The van der Waals surface area contributed by atoms with Gasteiger partial charge in [-0.1, -0.05) is 135 Å². The first kappa shape index (κ1) is 27.9. The molecule has 0 atom stereocenters. The zero-order valence-corrected chi connectivity index (χ0v) is 21.8. The molecule has 0 unspecified atom stereocenters. The van der Waals surface area contributed by atoms with Gasteiger partial charge in [0.05, 0.1) is 12.2 Å². The number of rotatable bonds is 19. The lowest BCUT2D eigenvalue weighted by atomic mass is 9.84. The molecule has 1 saturated carbocycles. The van der Waals surface area contributed by atoms with Crippen molar-refractivity contribution in [1.29, 1.82) is 0 Å². The monoisotopic (exact) mass is 456 g/mol. The number of ether oxygens (including phenoxy) is 1. The molecule has 33 heavy (non-hydrogen) atoms. The van der Waals surface area contributed by atoms with E-state index in [0.717, 1.165) is 6.42 Å². The maximum atomic E-state index is 12.3. The van der Waals surface area contributed by atoms with E-state index in [1.807, 2.05) is 12.1 Å². The highest BCUT2D eigenvalue weighted by Crippen LogP contribution is 2.32. The van der Waals surface area contributed by atoms with Gasteiger partial charge in [-0.05, 0) is 42.9 Å². The predicted molar refractivity (Wildman–Crippen MR) is 142 cm³/mol. The normalized spacial score (nSPS) is 14.5. The van der Waals surface area contributed by atoms with Crippen LogP contribution >= 0.6 is 0 Å². The lowest BCUT2D eigenvalue weighted by molar-refractivity contribution is 0.0497. The molecule has 0 amide bonds. The molecule has 1 aromatic carbocycles. The van der Waals surface area contributed by atoms with Gasteiger partial charge in [0.1, 0.15) is 0 Å². The summed E-state index contributed by atoms with van der Waals surface area (Å²) in [6.45, 7) is 2.84.